The zero-order chi connectivity index (χ0) is 12.1. The van der Waals surface area contributed by atoms with Gasteiger partial charge in [-0.15, -0.1) is 0 Å². The van der Waals surface area contributed by atoms with E-state index in [1.807, 2.05) is 0 Å². The minimum Gasteiger partial charge on any atom is -0.330 e. The predicted molar refractivity (Wildman–Crippen MR) is 70.4 cm³/mol. The quantitative estimate of drug-likeness (QED) is 0.488. The maximum Gasteiger partial charge on any atom is 0.100 e. The van der Waals surface area contributed by atoms with E-state index in [1.54, 1.807) is 0 Å². The molecule has 1 atom stereocenters. The van der Waals surface area contributed by atoms with Crippen molar-refractivity contribution in [2.75, 3.05) is 6.54 Å². The first-order valence-corrected chi connectivity index (χ1v) is 7.15. The van der Waals surface area contributed by atoms with Gasteiger partial charge in [0.05, 0.1) is 0 Å². The Kier molecular flexibility index (Phi) is 12.9. The van der Waals surface area contributed by atoms with Gasteiger partial charge in [-0.2, -0.15) is 0 Å². The van der Waals surface area contributed by atoms with Crippen molar-refractivity contribution in [2.24, 2.45) is 5.73 Å². The summed E-state index contributed by atoms with van der Waals surface area (Å²) in [4.78, 5) is 0. The second kappa shape index (κ2) is 13.0. The third kappa shape index (κ3) is 12.0. The second-order valence-corrected chi connectivity index (χ2v) is 4.79. The fourth-order valence-electron chi connectivity index (χ4n) is 1.98. The Morgan fingerprint density at radius 3 is 1.88 bits per heavy atom. The number of halogens is 1. The summed E-state index contributed by atoms with van der Waals surface area (Å²) in [6.07, 6.45) is 11.6. The molecule has 0 rings (SSSR count). The van der Waals surface area contributed by atoms with E-state index in [2.05, 4.69) is 6.92 Å². The Labute approximate surface area is 101 Å². The average Bonchev–Trinajstić information content (AvgIpc) is 2.29. The monoisotopic (exact) mass is 231 g/mol. The molecule has 2 N–H and O–H groups in total. The van der Waals surface area contributed by atoms with E-state index in [0.29, 0.717) is 0 Å². The molecule has 0 aliphatic heterocycles. The number of alkyl halides is 1. The van der Waals surface area contributed by atoms with Gasteiger partial charge in [0, 0.05) is 0 Å². The van der Waals surface area contributed by atoms with Crippen LogP contribution in [0.5, 0.6) is 0 Å². The maximum absolute atomic E-state index is 13.4. The van der Waals surface area contributed by atoms with Crippen LogP contribution in [0.3, 0.4) is 0 Å². The largest absolute Gasteiger partial charge is 0.330 e. The highest BCUT2D eigenvalue weighted by atomic mass is 19.1. The van der Waals surface area contributed by atoms with Crippen molar-refractivity contribution in [3.05, 3.63) is 0 Å². The molecule has 0 spiro atoms. The summed E-state index contributed by atoms with van der Waals surface area (Å²) < 4.78 is 13.4. The Morgan fingerprint density at radius 1 is 0.812 bits per heavy atom. The molecule has 0 aromatic rings. The molecule has 0 heterocycles. The highest BCUT2D eigenvalue weighted by Gasteiger charge is 2.05. The first kappa shape index (κ1) is 15.9. The Morgan fingerprint density at radius 2 is 1.31 bits per heavy atom. The van der Waals surface area contributed by atoms with Gasteiger partial charge in [0.25, 0.3) is 0 Å². The summed E-state index contributed by atoms with van der Waals surface area (Å²) in [6, 6.07) is 0. The van der Waals surface area contributed by atoms with E-state index < -0.39 is 6.17 Å². The molecule has 1 nitrogen and oxygen atoms in total. The first-order chi connectivity index (χ1) is 7.81. The van der Waals surface area contributed by atoms with Crippen LogP contribution in [0.1, 0.15) is 77.6 Å². The summed E-state index contributed by atoms with van der Waals surface area (Å²) >= 11 is 0. The predicted octanol–water partition coefficient (Wildman–Crippen LogP) is 4.59. The lowest BCUT2D eigenvalue weighted by atomic mass is 10.0. The van der Waals surface area contributed by atoms with E-state index >= 15 is 0 Å². The van der Waals surface area contributed by atoms with Crippen molar-refractivity contribution in [1.82, 2.24) is 0 Å². The third-order valence-corrected chi connectivity index (χ3v) is 3.09. The van der Waals surface area contributed by atoms with Crippen LogP contribution < -0.4 is 5.73 Å². The molecule has 0 saturated carbocycles. The number of rotatable bonds is 12. The minimum atomic E-state index is -0.550. The summed E-state index contributed by atoms with van der Waals surface area (Å²) in [5, 5.41) is 0. The number of hydrogen-bond acceptors (Lipinski definition) is 1. The molecule has 1 unspecified atom stereocenters. The van der Waals surface area contributed by atoms with Crippen molar-refractivity contribution < 1.29 is 4.39 Å². The smallest absolute Gasteiger partial charge is 0.100 e. The molecule has 0 aromatic carbocycles. The summed E-state index contributed by atoms with van der Waals surface area (Å²) in [5.41, 5.74) is 5.41. The van der Waals surface area contributed by atoms with E-state index in [-0.39, 0.29) is 0 Å². The molecule has 0 bridgehead atoms. The summed E-state index contributed by atoms with van der Waals surface area (Å²) in [7, 11) is 0. The molecule has 0 saturated heterocycles. The molecular formula is C14H30FN. The normalized spacial score (nSPS) is 12.9. The maximum atomic E-state index is 13.4. The van der Waals surface area contributed by atoms with E-state index in [9.17, 15) is 4.39 Å². The fourth-order valence-corrected chi connectivity index (χ4v) is 1.98. The molecular weight excluding hydrogens is 201 g/mol. The topological polar surface area (TPSA) is 26.0 Å². The van der Waals surface area contributed by atoms with Crippen LogP contribution in [0.25, 0.3) is 0 Å². The van der Waals surface area contributed by atoms with Gasteiger partial charge < -0.3 is 5.73 Å². The van der Waals surface area contributed by atoms with Crippen LogP contribution in [0.15, 0.2) is 0 Å². The zero-order valence-electron chi connectivity index (χ0n) is 11.0. The van der Waals surface area contributed by atoms with E-state index in [4.69, 9.17) is 5.73 Å². The van der Waals surface area contributed by atoms with Crippen molar-refractivity contribution in [3.63, 3.8) is 0 Å². The molecule has 0 amide bonds. The van der Waals surface area contributed by atoms with E-state index in [0.717, 1.165) is 38.6 Å². The standard InChI is InChI=1S/C14H30FN/c1-2-3-4-8-11-14(15)12-9-6-5-7-10-13-16/h14H,2-13,16H2,1H3. The highest BCUT2D eigenvalue weighted by Crippen LogP contribution is 2.15. The molecule has 98 valence electrons. The van der Waals surface area contributed by atoms with Gasteiger partial charge in [0.1, 0.15) is 6.17 Å². The average molecular weight is 231 g/mol. The Bertz CT molecular complexity index is 128. The van der Waals surface area contributed by atoms with Gasteiger partial charge >= 0.3 is 0 Å². The zero-order valence-corrected chi connectivity index (χ0v) is 11.0. The molecule has 0 fully saturated rings. The van der Waals surface area contributed by atoms with Crippen LogP contribution in [-0.4, -0.2) is 12.7 Å². The molecule has 0 aromatic heterocycles. The summed E-state index contributed by atoms with van der Waals surface area (Å²) in [6.45, 7) is 2.98. The molecule has 0 aliphatic rings. The lowest BCUT2D eigenvalue weighted by Crippen LogP contribution is -2.00. The van der Waals surface area contributed by atoms with Crippen molar-refractivity contribution in [1.29, 1.82) is 0 Å². The van der Waals surface area contributed by atoms with Gasteiger partial charge in [-0.25, -0.2) is 4.39 Å². The van der Waals surface area contributed by atoms with Crippen molar-refractivity contribution in [3.8, 4) is 0 Å². The highest BCUT2D eigenvalue weighted by molar-refractivity contribution is 4.57. The fraction of sp³-hybridized carbons (Fsp3) is 1.00. The second-order valence-electron chi connectivity index (χ2n) is 4.79. The van der Waals surface area contributed by atoms with Crippen LogP contribution in [0, 0.1) is 0 Å². The molecule has 2 heteroatoms. The van der Waals surface area contributed by atoms with Crippen LogP contribution in [-0.2, 0) is 0 Å². The van der Waals surface area contributed by atoms with Crippen LogP contribution in [0.2, 0.25) is 0 Å². The van der Waals surface area contributed by atoms with Gasteiger partial charge in [-0.1, -0.05) is 58.3 Å². The minimum absolute atomic E-state index is 0.550. The molecule has 16 heavy (non-hydrogen) atoms. The first-order valence-electron chi connectivity index (χ1n) is 7.15. The van der Waals surface area contributed by atoms with Crippen LogP contribution in [0.4, 0.5) is 4.39 Å². The Hall–Kier alpha value is -0.110. The van der Waals surface area contributed by atoms with Crippen molar-refractivity contribution in [2.45, 2.75) is 83.7 Å². The third-order valence-electron chi connectivity index (χ3n) is 3.09. The SMILES string of the molecule is CCCCCCC(F)CCCCCCCN. The number of hydrogen-bond donors (Lipinski definition) is 1. The lowest BCUT2D eigenvalue weighted by molar-refractivity contribution is 0.279. The van der Waals surface area contributed by atoms with Crippen LogP contribution >= 0.6 is 0 Å². The lowest BCUT2D eigenvalue weighted by Gasteiger charge is -2.07. The van der Waals surface area contributed by atoms with Crippen molar-refractivity contribution >= 4 is 0 Å². The van der Waals surface area contributed by atoms with Gasteiger partial charge in [-0.3, -0.25) is 0 Å². The number of nitrogens with two attached hydrogens (primary N) is 1. The van der Waals surface area contributed by atoms with Gasteiger partial charge in [0.15, 0.2) is 0 Å². The van der Waals surface area contributed by atoms with E-state index in [1.165, 1.54) is 38.5 Å². The molecule has 0 aliphatic carbocycles. The number of unbranched alkanes of at least 4 members (excludes halogenated alkanes) is 7. The van der Waals surface area contributed by atoms with Gasteiger partial charge in [0.2, 0.25) is 0 Å². The Balaban J connectivity index is 3.08. The summed E-state index contributed by atoms with van der Waals surface area (Å²) in [5.74, 6) is 0. The van der Waals surface area contributed by atoms with Gasteiger partial charge in [-0.05, 0) is 25.8 Å². The molecule has 0 radical (unpaired) electrons.